The van der Waals surface area contributed by atoms with E-state index in [9.17, 15) is 18.0 Å². The van der Waals surface area contributed by atoms with Crippen LogP contribution in [0.25, 0.3) is 0 Å². The Balaban J connectivity index is 1.73. The molecule has 1 heterocycles. The van der Waals surface area contributed by atoms with E-state index >= 15 is 0 Å². The molecule has 8 heteroatoms. The molecule has 0 unspecified atom stereocenters. The summed E-state index contributed by atoms with van der Waals surface area (Å²) in [6.07, 6.45) is 3.83. The van der Waals surface area contributed by atoms with E-state index in [-0.39, 0.29) is 10.8 Å². The minimum Gasteiger partial charge on any atom is -0.465 e. The molecule has 1 aliphatic rings. The van der Waals surface area contributed by atoms with E-state index in [1.165, 1.54) is 35.7 Å². The first kappa shape index (κ1) is 22.0. The second-order valence-corrected chi connectivity index (χ2v) is 9.26. The van der Waals surface area contributed by atoms with Crippen LogP contribution in [0.4, 0.5) is 5.69 Å². The van der Waals surface area contributed by atoms with Crippen molar-refractivity contribution in [2.45, 2.75) is 37.5 Å². The first-order valence-corrected chi connectivity index (χ1v) is 11.4. The zero-order valence-corrected chi connectivity index (χ0v) is 18.0. The predicted molar refractivity (Wildman–Crippen MR) is 114 cm³/mol. The third kappa shape index (κ3) is 4.88. The Morgan fingerprint density at radius 2 is 1.53 bits per heavy atom. The fourth-order valence-electron chi connectivity index (χ4n) is 3.45. The number of amides is 1. The van der Waals surface area contributed by atoms with E-state index < -0.39 is 16.0 Å². The standard InChI is InChI=1S/C22H26N2O5S/c1-16-15-18(22(26)29-2)9-12-20(16)23-21(25)17-7-10-19(11-8-17)30(27,28)24-13-5-3-4-6-14-24/h7-12,15H,3-6,13-14H2,1-2H3,(H,23,25). The average molecular weight is 431 g/mol. The van der Waals surface area contributed by atoms with Crippen LogP contribution in [0.3, 0.4) is 0 Å². The third-order valence-corrected chi connectivity index (χ3v) is 7.13. The maximum Gasteiger partial charge on any atom is 0.337 e. The molecule has 1 amide bonds. The van der Waals surface area contributed by atoms with Crippen molar-refractivity contribution in [2.75, 3.05) is 25.5 Å². The number of sulfonamides is 1. The summed E-state index contributed by atoms with van der Waals surface area (Å²) in [5, 5.41) is 2.79. The van der Waals surface area contributed by atoms with E-state index in [2.05, 4.69) is 5.32 Å². The topological polar surface area (TPSA) is 92.8 Å². The highest BCUT2D eigenvalue weighted by molar-refractivity contribution is 7.89. The summed E-state index contributed by atoms with van der Waals surface area (Å²) in [5.41, 5.74) is 2.03. The Morgan fingerprint density at radius 1 is 0.933 bits per heavy atom. The highest BCUT2D eigenvalue weighted by atomic mass is 32.2. The lowest BCUT2D eigenvalue weighted by atomic mass is 10.1. The fraction of sp³-hybridized carbons (Fsp3) is 0.364. The van der Waals surface area contributed by atoms with E-state index in [0.29, 0.717) is 35.5 Å². The Kier molecular flexibility index (Phi) is 6.89. The molecule has 160 valence electrons. The Bertz CT molecular complexity index is 1020. The van der Waals surface area contributed by atoms with Crippen LogP contribution in [0.1, 0.15) is 52.0 Å². The highest BCUT2D eigenvalue weighted by Gasteiger charge is 2.25. The number of ether oxygens (including phenoxy) is 1. The number of anilines is 1. The number of esters is 1. The van der Waals surface area contributed by atoms with Gasteiger partial charge in [0.15, 0.2) is 0 Å². The molecule has 0 bridgehead atoms. The molecule has 0 aromatic heterocycles. The molecule has 2 aromatic carbocycles. The Labute approximate surface area is 177 Å². The van der Waals surface area contributed by atoms with E-state index in [1.807, 2.05) is 0 Å². The molecule has 0 aliphatic carbocycles. The number of nitrogens with zero attached hydrogens (tertiary/aromatic N) is 1. The molecule has 1 saturated heterocycles. The lowest BCUT2D eigenvalue weighted by molar-refractivity contribution is 0.0600. The van der Waals surface area contributed by atoms with Gasteiger partial charge in [-0.15, -0.1) is 0 Å². The van der Waals surface area contributed by atoms with Crippen molar-refractivity contribution < 1.29 is 22.7 Å². The van der Waals surface area contributed by atoms with Gasteiger partial charge in [0.1, 0.15) is 0 Å². The second-order valence-electron chi connectivity index (χ2n) is 7.32. The first-order valence-electron chi connectivity index (χ1n) is 9.93. The minimum absolute atomic E-state index is 0.194. The van der Waals surface area contributed by atoms with Gasteiger partial charge in [0, 0.05) is 24.3 Å². The van der Waals surface area contributed by atoms with E-state index in [4.69, 9.17) is 4.74 Å². The van der Waals surface area contributed by atoms with Crippen molar-refractivity contribution in [2.24, 2.45) is 0 Å². The van der Waals surface area contributed by atoms with Crippen LogP contribution in [0, 0.1) is 6.92 Å². The van der Waals surface area contributed by atoms with Crippen LogP contribution in [0.2, 0.25) is 0 Å². The van der Waals surface area contributed by atoms with Gasteiger partial charge in [-0.25, -0.2) is 13.2 Å². The molecule has 7 nitrogen and oxygen atoms in total. The number of aryl methyl sites for hydroxylation is 1. The van der Waals surface area contributed by atoms with Crippen molar-refractivity contribution in [1.29, 1.82) is 0 Å². The smallest absolute Gasteiger partial charge is 0.337 e. The Hall–Kier alpha value is -2.71. The molecule has 1 fully saturated rings. The van der Waals surface area contributed by atoms with Gasteiger partial charge in [-0.1, -0.05) is 12.8 Å². The van der Waals surface area contributed by atoms with Crippen molar-refractivity contribution >= 4 is 27.6 Å². The van der Waals surface area contributed by atoms with Gasteiger partial charge >= 0.3 is 5.97 Å². The number of rotatable bonds is 5. The summed E-state index contributed by atoms with van der Waals surface area (Å²) >= 11 is 0. The SMILES string of the molecule is COC(=O)c1ccc(NC(=O)c2ccc(S(=O)(=O)N3CCCCCC3)cc2)c(C)c1. The van der Waals surface area contributed by atoms with Gasteiger partial charge in [-0.3, -0.25) is 4.79 Å². The molecule has 2 aromatic rings. The molecule has 3 rings (SSSR count). The van der Waals surface area contributed by atoms with Crippen LogP contribution >= 0.6 is 0 Å². The summed E-state index contributed by atoms with van der Waals surface area (Å²) in [7, 11) is -2.24. The van der Waals surface area contributed by atoms with Crippen LogP contribution in [0.5, 0.6) is 0 Å². The van der Waals surface area contributed by atoms with Gasteiger partial charge in [-0.05, 0) is 67.8 Å². The summed E-state index contributed by atoms with van der Waals surface area (Å²) < 4.78 is 31.9. The van der Waals surface area contributed by atoms with Crippen LogP contribution in [0.15, 0.2) is 47.4 Å². The molecule has 0 spiro atoms. The van der Waals surface area contributed by atoms with E-state index in [1.54, 1.807) is 25.1 Å². The maximum absolute atomic E-state index is 12.9. The van der Waals surface area contributed by atoms with Crippen LogP contribution in [-0.2, 0) is 14.8 Å². The molecule has 0 atom stereocenters. The zero-order valence-electron chi connectivity index (χ0n) is 17.2. The normalized spacial score (nSPS) is 15.3. The van der Waals surface area contributed by atoms with E-state index in [0.717, 1.165) is 25.7 Å². The third-order valence-electron chi connectivity index (χ3n) is 5.22. The predicted octanol–water partition coefficient (Wildman–Crippen LogP) is 3.60. The first-order chi connectivity index (χ1) is 14.3. The number of benzene rings is 2. The Morgan fingerprint density at radius 3 is 2.10 bits per heavy atom. The van der Waals surface area contributed by atoms with Gasteiger partial charge in [0.25, 0.3) is 5.91 Å². The number of hydrogen-bond donors (Lipinski definition) is 1. The molecule has 1 aliphatic heterocycles. The van der Waals surface area contributed by atoms with Crippen molar-refractivity contribution in [3.8, 4) is 0 Å². The molecule has 1 N–H and O–H groups in total. The number of carbonyl (C=O) groups excluding carboxylic acids is 2. The lowest BCUT2D eigenvalue weighted by Gasteiger charge is -2.20. The largest absolute Gasteiger partial charge is 0.465 e. The second kappa shape index (κ2) is 9.40. The summed E-state index contributed by atoms with van der Waals surface area (Å²) in [5.74, 6) is -0.806. The fourth-order valence-corrected chi connectivity index (χ4v) is 4.97. The summed E-state index contributed by atoms with van der Waals surface area (Å²) in [6.45, 7) is 2.84. The minimum atomic E-state index is -3.55. The number of nitrogens with one attached hydrogen (secondary N) is 1. The quantitative estimate of drug-likeness (QED) is 0.732. The highest BCUT2D eigenvalue weighted by Crippen LogP contribution is 2.22. The van der Waals surface area contributed by atoms with Gasteiger partial charge in [0.05, 0.1) is 17.6 Å². The molecule has 0 saturated carbocycles. The molecule has 0 radical (unpaired) electrons. The lowest BCUT2D eigenvalue weighted by Crippen LogP contribution is -2.31. The molecule has 30 heavy (non-hydrogen) atoms. The molecular weight excluding hydrogens is 404 g/mol. The summed E-state index contributed by atoms with van der Waals surface area (Å²) in [4.78, 5) is 24.4. The van der Waals surface area contributed by atoms with Gasteiger partial charge in [-0.2, -0.15) is 4.31 Å². The molecular formula is C22H26N2O5S. The number of carbonyl (C=O) groups is 2. The van der Waals surface area contributed by atoms with Crippen LogP contribution in [-0.4, -0.2) is 44.8 Å². The van der Waals surface area contributed by atoms with Crippen molar-refractivity contribution in [3.05, 3.63) is 59.2 Å². The van der Waals surface area contributed by atoms with Crippen molar-refractivity contribution in [1.82, 2.24) is 4.31 Å². The van der Waals surface area contributed by atoms with Gasteiger partial charge < -0.3 is 10.1 Å². The number of methoxy groups -OCH3 is 1. The van der Waals surface area contributed by atoms with Gasteiger partial charge in [0.2, 0.25) is 10.0 Å². The average Bonchev–Trinajstić information content (AvgIpc) is 3.05. The number of hydrogen-bond acceptors (Lipinski definition) is 5. The zero-order chi connectivity index (χ0) is 21.7. The summed E-state index contributed by atoms with van der Waals surface area (Å²) in [6, 6.07) is 10.8. The maximum atomic E-state index is 12.9. The van der Waals surface area contributed by atoms with Crippen molar-refractivity contribution in [3.63, 3.8) is 0 Å². The monoisotopic (exact) mass is 430 g/mol. The van der Waals surface area contributed by atoms with Crippen LogP contribution < -0.4 is 5.32 Å².